The highest BCUT2D eigenvalue weighted by Crippen LogP contribution is 2.15. The molecule has 1 fully saturated rings. The van der Waals surface area contributed by atoms with E-state index in [4.69, 9.17) is 14.2 Å². The van der Waals surface area contributed by atoms with E-state index in [1.165, 1.54) is 0 Å². The minimum atomic E-state index is 0. The van der Waals surface area contributed by atoms with Crippen LogP contribution in [-0.2, 0) is 16.0 Å². The van der Waals surface area contributed by atoms with Crippen molar-refractivity contribution >= 4 is 29.9 Å². The summed E-state index contributed by atoms with van der Waals surface area (Å²) < 4.78 is 17.0. The van der Waals surface area contributed by atoms with E-state index in [2.05, 4.69) is 28.6 Å². The fraction of sp³-hybridized carbons (Fsp3) is 0.667. The summed E-state index contributed by atoms with van der Waals surface area (Å²) in [7, 11) is 0. The Kier molecular flexibility index (Phi) is 13.3. The smallest absolute Gasteiger partial charge is 0.191 e. The van der Waals surface area contributed by atoms with Gasteiger partial charge >= 0.3 is 0 Å². The van der Waals surface area contributed by atoms with Crippen molar-refractivity contribution in [1.82, 2.24) is 10.6 Å². The van der Waals surface area contributed by atoms with Crippen molar-refractivity contribution in [2.45, 2.75) is 58.8 Å². The van der Waals surface area contributed by atoms with E-state index in [1.54, 1.807) is 0 Å². The number of hydrogen-bond acceptors (Lipinski definition) is 4. The Bertz CT molecular complexity index is 564. The summed E-state index contributed by atoms with van der Waals surface area (Å²) in [6.45, 7) is 10.7. The molecule has 0 saturated carbocycles. The van der Waals surface area contributed by atoms with Crippen molar-refractivity contribution in [3.63, 3.8) is 0 Å². The maximum Gasteiger partial charge on any atom is 0.191 e. The zero-order chi connectivity index (χ0) is 19.3. The number of guanidine groups is 1. The lowest BCUT2D eigenvalue weighted by Gasteiger charge is -2.13. The Labute approximate surface area is 186 Å². The van der Waals surface area contributed by atoms with E-state index in [0.29, 0.717) is 19.3 Å². The maximum atomic E-state index is 5.75. The zero-order valence-electron chi connectivity index (χ0n) is 17.4. The van der Waals surface area contributed by atoms with Crippen LogP contribution in [0, 0.1) is 0 Å². The molecule has 6 nitrogen and oxygen atoms in total. The predicted molar refractivity (Wildman–Crippen MR) is 125 cm³/mol. The molecule has 0 bridgehead atoms. The molecule has 1 aliphatic heterocycles. The SMILES string of the molecule is CCNC(=NCc1cccc(OC(C)C)c1)NCCCOCC1CCCO1.I. The zero-order valence-corrected chi connectivity index (χ0v) is 19.7. The van der Waals surface area contributed by atoms with Crippen molar-refractivity contribution in [3.8, 4) is 5.75 Å². The normalized spacial score (nSPS) is 16.7. The van der Waals surface area contributed by atoms with Gasteiger partial charge in [-0.25, -0.2) is 4.99 Å². The molecular weight excluding hydrogens is 469 g/mol. The average molecular weight is 505 g/mol. The molecule has 0 radical (unpaired) electrons. The Morgan fingerprint density at radius 3 is 2.89 bits per heavy atom. The topological polar surface area (TPSA) is 64.1 Å². The lowest BCUT2D eigenvalue weighted by atomic mass is 10.2. The van der Waals surface area contributed by atoms with Crippen LogP contribution in [0.3, 0.4) is 0 Å². The van der Waals surface area contributed by atoms with Crippen LogP contribution < -0.4 is 15.4 Å². The molecule has 2 rings (SSSR count). The summed E-state index contributed by atoms with van der Waals surface area (Å²) in [5.41, 5.74) is 1.13. The number of aliphatic imine (C=N–C) groups is 1. The van der Waals surface area contributed by atoms with Gasteiger partial charge in [0.15, 0.2) is 5.96 Å². The summed E-state index contributed by atoms with van der Waals surface area (Å²) in [6, 6.07) is 8.10. The minimum absolute atomic E-state index is 0. The third-order valence-electron chi connectivity index (χ3n) is 4.12. The molecule has 1 saturated heterocycles. The summed E-state index contributed by atoms with van der Waals surface area (Å²) in [6.07, 6.45) is 3.69. The van der Waals surface area contributed by atoms with Crippen molar-refractivity contribution in [3.05, 3.63) is 29.8 Å². The first-order chi connectivity index (χ1) is 13.2. The van der Waals surface area contributed by atoms with Gasteiger partial charge in [0.2, 0.25) is 0 Å². The number of halogens is 1. The highest BCUT2D eigenvalue weighted by atomic mass is 127. The molecule has 0 spiro atoms. The molecule has 1 unspecified atom stereocenters. The molecule has 7 heteroatoms. The first-order valence-corrected chi connectivity index (χ1v) is 10.1. The molecule has 0 aromatic heterocycles. The number of hydrogen-bond donors (Lipinski definition) is 2. The molecule has 1 heterocycles. The van der Waals surface area contributed by atoms with Crippen molar-refractivity contribution in [2.75, 3.05) is 32.9 Å². The maximum absolute atomic E-state index is 5.75. The number of rotatable bonds is 11. The van der Waals surface area contributed by atoms with E-state index in [1.807, 2.05) is 32.0 Å². The molecule has 0 amide bonds. The third kappa shape index (κ3) is 10.5. The van der Waals surface area contributed by atoms with Crippen LogP contribution in [0.1, 0.15) is 45.6 Å². The average Bonchev–Trinajstić information content (AvgIpc) is 3.15. The second-order valence-electron chi connectivity index (χ2n) is 7.00. The Hall–Kier alpha value is -1.06. The lowest BCUT2D eigenvalue weighted by Crippen LogP contribution is -2.38. The van der Waals surface area contributed by atoms with Crippen LogP contribution in [0.15, 0.2) is 29.3 Å². The van der Waals surface area contributed by atoms with Crippen molar-refractivity contribution in [1.29, 1.82) is 0 Å². The van der Waals surface area contributed by atoms with Gasteiger partial charge < -0.3 is 24.8 Å². The van der Waals surface area contributed by atoms with Gasteiger partial charge in [0.25, 0.3) is 0 Å². The number of nitrogens with zero attached hydrogens (tertiary/aromatic N) is 1. The second-order valence-corrected chi connectivity index (χ2v) is 7.00. The molecule has 1 atom stereocenters. The number of ether oxygens (including phenoxy) is 3. The van der Waals surface area contributed by atoms with E-state index in [9.17, 15) is 0 Å². The van der Waals surface area contributed by atoms with Crippen molar-refractivity contribution in [2.24, 2.45) is 4.99 Å². The largest absolute Gasteiger partial charge is 0.491 e. The first kappa shape index (κ1) is 25.0. The summed E-state index contributed by atoms with van der Waals surface area (Å²) in [4.78, 5) is 4.66. The van der Waals surface area contributed by atoms with Crippen molar-refractivity contribution < 1.29 is 14.2 Å². The lowest BCUT2D eigenvalue weighted by molar-refractivity contribution is 0.0168. The molecule has 1 aromatic carbocycles. The Balaban J connectivity index is 0.00000392. The van der Waals surface area contributed by atoms with Gasteiger partial charge in [-0.1, -0.05) is 12.1 Å². The fourth-order valence-electron chi connectivity index (χ4n) is 2.87. The second kappa shape index (κ2) is 14.9. The van der Waals surface area contributed by atoms with Gasteiger partial charge in [-0.2, -0.15) is 0 Å². The quantitative estimate of drug-likeness (QED) is 0.208. The van der Waals surface area contributed by atoms with E-state index in [0.717, 1.165) is 62.8 Å². The summed E-state index contributed by atoms with van der Waals surface area (Å²) >= 11 is 0. The summed E-state index contributed by atoms with van der Waals surface area (Å²) in [5, 5.41) is 6.64. The van der Waals surface area contributed by atoms with E-state index in [-0.39, 0.29) is 30.1 Å². The fourth-order valence-corrected chi connectivity index (χ4v) is 2.87. The van der Waals surface area contributed by atoms with Crippen LogP contribution in [0.2, 0.25) is 0 Å². The van der Waals surface area contributed by atoms with Crippen LogP contribution in [0.5, 0.6) is 5.75 Å². The summed E-state index contributed by atoms with van der Waals surface area (Å²) in [5.74, 6) is 1.71. The molecule has 2 N–H and O–H groups in total. The Morgan fingerprint density at radius 2 is 2.18 bits per heavy atom. The highest BCUT2D eigenvalue weighted by molar-refractivity contribution is 14.0. The van der Waals surface area contributed by atoms with Crippen LogP contribution in [0.4, 0.5) is 0 Å². The van der Waals surface area contributed by atoms with Gasteiger partial charge in [-0.05, 0) is 57.7 Å². The first-order valence-electron chi connectivity index (χ1n) is 10.1. The van der Waals surface area contributed by atoms with Gasteiger partial charge in [-0.3, -0.25) is 0 Å². The highest BCUT2D eigenvalue weighted by Gasteiger charge is 2.14. The van der Waals surface area contributed by atoms with Gasteiger partial charge in [0.05, 0.1) is 25.4 Å². The molecular formula is C21H36IN3O3. The minimum Gasteiger partial charge on any atom is -0.491 e. The van der Waals surface area contributed by atoms with E-state index < -0.39 is 0 Å². The standard InChI is InChI=1S/C21H35N3O3.HI/c1-4-22-21(23-11-7-12-25-16-20-10-6-13-26-20)24-15-18-8-5-9-19(14-18)27-17(2)3;/h5,8-9,14,17,20H,4,6-7,10-13,15-16H2,1-3H3,(H2,22,23,24);1H. The van der Waals surface area contributed by atoms with Gasteiger partial charge in [0.1, 0.15) is 5.75 Å². The number of benzene rings is 1. The van der Waals surface area contributed by atoms with E-state index >= 15 is 0 Å². The third-order valence-corrected chi connectivity index (χ3v) is 4.12. The molecule has 0 aliphatic carbocycles. The molecule has 28 heavy (non-hydrogen) atoms. The predicted octanol–water partition coefficient (Wildman–Crippen LogP) is 3.73. The van der Waals surface area contributed by atoms with Crippen LogP contribution >= 0.6 is 24.0 Å². The van der Waals surface area contributed by atoms with Crippen LogP contribution in [0.25, 0.3) is 0 Å². The monoisotopic (exact) mass is 505 g/mol. The van der Waals surface area contributed by atoms with Gasteiger partial charge in [0, 0.05) is 26.3 Å². The van der Waals surface area contributed by atoms with Crippen LogP contribution in [-0.4, -0.2) is 51.1 Å². The molecule has 1 aliphatic rings. The molecule has 160 valence electrons. The molecule has 1 aromatic rings. The number of nitrogens with one attached hydrogen (secondary N) is 2. The van der Waals surface area contributed by atoms with Gasteiger partial charge in [-0.15, -0.1) is 24.0 Å². The Morgan fingerprint density at radius 1 is 1.32 bits per heavy atom.